The fraction of sp³-hybridized carbons (Fsp3) is 0.526. The number of carbonyl (C=O) groups is 1. The van der Waals surface area contributed by atoms with Crippen LogP contribution in [0.4, 0.5) is 10.5 Å². The maximum atomic E-state index is 12.6. The summed E-state index contributed by atoms with van der Waals surface area (Å²) < 4.78 is 1.84. The summed E-state index contributed by atoms with van der Waals surface area (Å²) in [5.74, 6) is 0.379. The predicted octanol–water partition coefficient (Wildman–Crippen LogP) is 2.67. The van der Waals surface area contributed by atoms with Crippen LogP contribution in [0.5, 0.6) is 0 Å². The third-order valence-electron chi connectivity index (χ3n) is 5.09. The fourth-order valence-corrected chi connectivity index (χ4v) is 3.77. The Morgan fingerprint density at radius 3 is 2.81 bits per heavy atom. The van der Waals surface area contributed by atoms with Crippen molar-refractivity contribution in [3.63, 3.8) is 0 Å². The Kier molecular flexibility index (Phi) is 5.56. The van der Waals surface area contributed by atoms with E-state index in [-0.39, 0.29) is 12.1 Å². The zero-order valence-corrected chi connectivity index (χ0v) is 16.0. The van der Waals surface area contributed by atoms with E-state index >= 15 is 0 Å². The van der Waals surface area contributed by atoms with Crippen LogP contribution < -0.4 is 5.32 Å². The number of rotatable bonds is 4. The van der Waals surface area contributed by atoms with E-state index in [2.05, 4.69) is 33.5 Å². The number of anilines is 1. The molecular weight excluding hydrogens is 328 g/mol. The first-order valence-electron chi connectivity index (χ1n) is 9.07. The van der Waals surface area contributed by atoms with Crippen molar-refractivity contribution < 1.29 is 4.79 Å². The van der Waals surface area contributed by atoms with Crippen LogP contribution in [0.1, 0.15) is 30.1 Å². The smallest absolute Gasteiger partial charge is 0.321 e. The lowest BCUT2D eigenvalue weighted by Gasteiger charge is -2.40. The molecule has 3 rings (SSSR count). The molecule has 0 saturated carbocycles. The third kappa shape index (κ3) is 4.22. The van der Waals surface area contributed by atoms with Crippen molar-refractivity contribution in [2.75, 3.05) is 32.5 Å². The first-order valence-corrected chi connectivity index (χ1v) is 9.07. The number of aromatic nitrogens is 3. The molecular formula is C19H28N6O. The van der Waals surface area contributed by atoms with Gasteiger partial charge in [-0.15, -0.1) is 0 Å². The zero-order chi connectivity index (χ0) is 18.7. The molecule has 0 aliphatic carbocycles. The van der Waals surface area contributed by atoms with Gasteiger partial charge in [0, 0.05) is 44.1 Å². The molecule has 2 amide bonds. The van der Waals surface area contributed by atoms with Gasteiger partial charge in [-0.25, -0.2) is 4.79 Å². The summed E-state index contributed by atoms with van der Waals surface area (Å²) >= 11 is 0. The molecule has 0 unspecified atom stereocenters. The topological polar surface area (TPSA) is 66.3 Å². The Balaban J connectivity index is 1.66. The molecule has 1 aliphatic rings. The molecule has 140 valence electrons. The number of urea groups is 1. The third-order valence-corrected chi connectivity index (χ3v) is 5.09. The van der Waals surface area contributed by atoms with E-state index in [4.69, 9.17) is 0 Å². The van der Waals surface area contributed by atoms with Crippen LogP contribution in [0, 0.1) is 12.8 Å². The van der Waals surface area contributed by atoms with Crippen LogP contribution in [0.3, 0.4) is 0 Å². The molecule has 0 aromatic carbocycles. The fourth-order valence-electron chi connectivity index (χ4n) is 3.77. The molecule has 7 nitrogen and oxygen atoms in total. The summed E-state index contributed by atoms with van der Waals surface area (Å²) in [4.78, 5) is 20.9. The molecule has 2 atom stereocenters. The van der Waals surface area contributed by atoms with Crippen LogP contribution in [-0.2, 0) is 7.05 Å². The molecule has 1 saturated heterocycles. The van der Waals surface area contributed by atoms with Crippen molar-refractivity contribution in [1.29, 1.82) is 0 Å². The Morgan fingerprint density at radius 2 is 2.15 bits per heavy atom. The van der Waals surface area contributed by atoms with Gasteiger partial charge in [0.15, 0.2) is 0 Å². The minimum Gasteiger partial charge on any atom is -0.327 e. The maximum absolute atomic E-state index is 12.6. The van der Waals surface area contributed by atoms with Gasteiger partial charge >= 0.3 is 6.03 Å². The molecule has 0 radical (unpaired) electrons. The van der Waals surface area contributed by atoms with Gasteiger partial charge in [-0.3, -0.25) is 14.6 Å². The summed E-state index contributed by atoms with van der Waals surface area (Å²) in [5.41, 5.74) is 2.87. The van der Waals surface area contributed by atoms with E-state index < -0.39 is 0 Å². The molecule has 2 aromatic rings. The molecule has 26 heavy (non-hydrogen) atoms. The van der Waals surface area contributed by atoms with Gasteiger partial charge in [0.25, 0.3) is 0 Å². The van der Waals surface area contributed by atoms with Gasteiger partial charge in [-0.05, 0) is 51.4 Å². The summed E-state index contributed by atoms with van der Waals surface area (Å²) in [5, 5.41) is 7.25. The quantitative estimate of drug-likeness (QED) is 0.915. The Morgan fingerprint density at radius 1 is 1.35 bits per heavy atom. The van der Waals surface area contributed by atoms with Crippen molar-refractivity contribution in [3.8, 4) is 0 Å². The van der Waals surface area contributed by atoms with E-state index in [0.29, 0.717) is 12.5 Å². The van der Waals surface area contributed by atoms with E-state index in [1.54, 1.807) is 11.1 Å². The number of amides is 2. The number of pyridine rings is 1. The first kappa shape index (κ1) is 18.4. The highest BCUT2D eigenvalue weighted by Crippen LogP contribution is 2.35. The first-order chi connectivity index (χ1) is 12.4. The lowest BCUT2D eigenvalue weighted by Crippen LogP contribution is -2.43. The number of hydrogen-bond donors (Lipinski definition) is 1. The number of hydrogen-bond acceptors (Lipinski definition) is 4. The normalized spacial score (nSPS) is 20.8. The van der Waals surface area contributed by atoms with Crippen LogP contribution >= 0.6 is 0 Å². The Hall–Kier alpha value is -2.41. The highest BCUT2D eigenvalue weighted by atomic mass is 16.2. The van der Waals surface area contributed by atoms with E-state index in [9.17, 15) is 4.79 Å². The average molecular weight is 356 g/mol. The van der Waals surface area contributed by atoms with Crippen molar-refractivity contribution >= 4 is 11.7 Å². The largest absolute Gasteiger partial charge is 0.327 e. The van der Waals surface area contributed by atoms with E-state index in [1.807, 2.05) is 44.0 Å². The van der Waals surface area contributed by atoms with Gasteiger partial charge < -0.3 is 10.2 Å². The highest BCUT2D eigenvalue weighted by Gasteiger charge is 2.32. The molecule has 0 bridgehead atoms. The van der Waals surface area contributed by atoms with Gasteiger partial charge in [0.2, 0.25) is 0 Å². The Labute approximate surface area is 155 Å². The van der Waals surface area contributed by atoms with Gasteiger partial charge in [0.1, 0.15) is 0 Å². The van der Waals surface area contributed by atoms with Crippen molar-refractivity contribution in [2.45, 2.75) is 25.8 Å². The van der Waals surface area contributed by atoms with Gasteiger partial charge in [-0.2, -0.15) is 5.10 Å². The van der Waals surface area contributed by atoms with Crippen LogP contribution in [0.2, 0.25) is 0 Å². The second-order valence-corrected chi connectivity index (χ2v) is 7.27. The minimum absolute atomic E-state index is 0.103. The number of nitrogens with zero attached hydrogens (tertiary/aromatic N) is 5. The molecule has 1 fully saturated rings. The number of likely N-dealkylation sites (tertiary alicyclic amines) is 1. The molecule has 1 aliphatic heterocycles. The summed E-state index contributed by atoms with van der Waals surface area (Å²) in [6, 6.07) is 3.95. The lowest BCUT2D eigenvalue weighted by molar-refractivity contribution is 0.101. The standard InChI is InChI=1S/C19H28N6O/c1-14-7-8-17(11-20-14)22-19(26)24(3)12-15-6-5-9-23(2)18(15)16-10-21-25(4)13-16/h7-8,10-11,13,15,18H,5-6,9,12H2,1-4H3,(H,22,26)/t15-,18+/m0/s1. The highest BCUT2D eigenvalue weighted by molar-refractivity contribution is 5.88. The van der Waals surface area contributed by atoms with Crippen molar-refractivity contribution in [1.82, 2.24) is 24.6 Å². The summed E-state index contributed by atoms with van der Waals surface area (Å²) in [7, 11) is 5.95. The molecule has 1 N–H and O–H groups in total. The number of aryl methyl sites for hydroxylation is 2. The monoisotopic (exact) mass is 356 g/mol. The number of carbonyl (C=O) groups excluding carboxylic acids is 1. The average Bonchev–Trinajstić information content (AvgIpc) is 3.03. The van der Waals surface area contributed by atoms with Crippen LogP contribution in [0.25, 0.3) is 0 Å². The van der Waals surface area contributed by atoms with Crippen LogP contribution in [-0.4, -0.2) is 57.8 Å². The number of piperidine rings is 1. The van der Waals surface area contributed by atoms with E-state index in [1.165, 1.54) is 5.56 Å². The van der Waals surface area contributed by atoms with Gasteiger partial charge in [0.05, 0.1) is 18.1 Å². The molecule has 3 heterocycles. The Bertz CT molecular complexity index is 741. The minimum atomic E-state index is -0.103. The molecule has 2 aromatic heterocycles. The molecule has 0 spiro atoms. The predicted molar refractivity (Wildman–Crippen MR) is 102 cm³/mol. The van der Waals surface area contributed by atoms with Gasteiger partial charge in [-0.1, -0.05) is 0 Å². The van der Waals surface area contributed by atoms with Crippen LogP contribution in [0.15, 0.2) is 30.7 Å². The maximum Gasteiger partial charge on any atom is 0.321 e. The number of nitrogens with one attached hydrogen (secondary N) is 1. The summed E-state index contributed by atoms with van der Waals surface area (Å²) in [6.07, 6.45) is 7.96. The van der Waals surface area contributed by atoms with Crippen molar-refractivity contribution in [3.05, 3.63) is 42.0 Å². The van der Waals surface area contributed by atoms with Crippen molar-refractivity contribution in [2.24, 2.45) is 13.0 Å². The lowest BCUT2D eigenvalue weighted by atomic mass is 9.86. The summed E-state index contributed by atoms with van der Waals surface area (Å²) in [6.45, 7) is 3.70. The SMILES string of the molecule is Cc1ccc(NC(=O)N(C)C[C@@H]2CCCN(C)[C@H]2c2cnn(C)c2)cn1. The second kappa shape index (κ2) is 7.86. The zero-order valence-electron chi connectivity index (χ0n) is 16.0. The molecule has 7 heteroatoms. The second-order valence-electron chi connectivity index (χ2n) is 7.27. The van der Waals surface area contributed by atoms with E-state index in [0.717, 1.165) is 30.8 Å².